The van der Waals surface area contributed by atoms with Gasteiger partial charge in [-0.25, -0.2) is 0 Å². The summed E-state index contributed by atoms with van der Waals surface area (Å²) >= 11 is 0. The zero-order valence-corrected chi connectivity index (χ0v) is 9.84. The fourth-order valence-electron chi connectivity index (χ4n) is 2.67. The van der Waals surface area contributed by atoms with Gasteiger partial charge in [-0.15, -0.1) is 0 Å². The highest BCUT2D eigenvalue weighted by Gasteiger charge is 2.40. The van der Waals surface area contributed by atoms with Crippen LogP contribution in [0, 0.1) is 23.7 Å². The topological polar surface area (TPSA) is 0 Å². The van der Waals surface area contributed by atoms with Crippen LogP contribution in [0.5, 0.6) is 0 Å². The van der Waals surface area contributed by atoms with Crippen LogP contribution in [0.1, 0.15) is 59.8 Å². The van der Waals surface area contributed by atoms with Crippen molar-refractivity contribution >= 4 is 0 Å². The lowest BCUT2D eigenvalue weighted by molar-refractivity contribution is 0.398. The molecule has 0 aliphatic heterocycles. The van der Waals surface area contributed by atoms with Gasteiger partial charge in [-0.2, -0.15) is 0 Å². The Labute approximate surface area is 84.1 Å². The standard InChI is InChI=1S/C13H26/c1-5-7-10(3)8-12-9-13(12)11(4)6-2/h10-13H,5-9H2,1-4H3. The number of hydrogen-bond donors (Lipinski definition) is 0. The Morgan fingerprint density at radius 3 is 2.46 bits per heavy atom. The van der Waals surface area contributed by atoms with E-state index < -0.39 is 0 Å². The molecule has 0 radical (unpaired) electrons. The third kappa shape index (κ3) is 3.32. The molecule has 4 atom stereocenters. The molecule has 0 aromatic rings. The molecule has 1 rings (SSSR count). The molecule has 0 aromatic carbocycles. The zero-order valence-electron chi connectivity index (χ0n) is 9.84. The van der Waals surface area contributed by atoms with E-state index in [1.54, 1.807) is 0 Å². The summed E-state index contributed by atoms with van der Waals surface area (Å²) in [6, 6.07) is 0. The highest BCUT2D eigenvalue weighted by atomic mass is 14.4. The fraction of sp³-hybridized carbons (Fsp3) is 1.00. The Morgan fingerprint density at radius 1 is 1.23 bits per heavy atom. The molecule has 1 aliphatic rings. The SMILES string of the molecule is CCCC(C)CC1CC1C(C)CC. The molecule has 0 N–H and O–H groups in total. The first-order valence-electron chi connectivity index (χ1n) is 6.19. The van der Waals surface area contributed by atoms with E-state index in [1.807, 2.05) is 0 Å². The first-order chi connectivity index (χ1) is 6.19. The van der Waals surface area contributed by atoms with Crippen LogP contribution < -0.4 is 0 Å². The van der Waals surface area contributed by atoms with Gasteiger partial charge in [0.2, 0.25) is 0 Å². The Balaban J connectivity index is 2.13. The summed E-state index contributed by atoms with van der Waals surface area (Å²) in [4.78, 5) is 0. The minimum Gasteiger partial charge on any atom is -0.0654 e. The second kappa shape index (κ2) is 5.02. The largest absolute Gasteiger partial charge is 0.0654 e. The van der Waals surface area contributed by atoms with E-state index in [4.69, 9.17) is 0 Å². The van der Waals surface area contributed by atoms with E-state index in [-0.39, 0.29) is 0 Å². The highest BCUT2D eigenvalue weighted by Crippen LogP contribution is 2.49. The third-order valence-corrected chi connectivity index (χ3v) is 3.84. The Hall–Kier alpha value is 0. The van der Waals surface area contributed by atoms with Crippen molar-refractivity contribution in [3.63, 3.8) is 0 Å². The summed E-state index contributed by atoms with van der Waals surface area (Å²) < 4.78 is 0. The first kappa shape index (κ1) is 11.1. The van der Waals surface area contributed by atoms with Crippen molar-refractivity contribution in [2.24, 2.45) is 23.7 Å². The summed E-state index contributed by atoms with van der Waals surface area (Å²) in [5.41, 5.74) is 0. The highest BCUT2D eigenvalue weighted by molar-refractivity contribution is 4.89. The Bertz CT molecular complexity index is 139. The van der Waals surface area contributed by atoms with Crippen LogP contribution in [0.2, 0.25) is 0 Å². The van der Waals surface area contributed by atoms with E-state index in [0.717, 1.165) is 23.7 Å². The maximum absolute atomic E-state index is 2.43. The maximum Gasteiger partial charge on any atom is -0.0357 e. The van der Waals surface area contributed by atoms with Gasteiger partial charge in [0.25, 0.3) is 0 Å². The summed E-state index contributed by atoms with van der Waals surface area (Å²) in [7, 11) is 0. The molecular formula is C13H26. The quantitative estimate of drug-likeness (QED) is 0.567. The van der Waals surface area contributed by atoms with Crippen LogP contribution in [0.15, 0.2) is 0 Å². The van der Waals surface area contributed by atoms with Crippen molar-refractivity contribution < 1.29 is 0 Å². The van der Waals surface area contributed by atoms with E-state index in [0.29, 0.717) is 0 Å². The van der Waals surface area contributed by atoms with Crippen LogP contribution in [-0.4, -0.2) is 0 Å². The summed E-state index contributed by atoms with van der Waals surface area (Å²) in [5, 5.41) is 0. The molecular weight excluding hydrogens is 156 g/mol. The minimum absolute atomic E-state index is 0.976. The van der Waals surface area contributed by atoms with Gasteiger partial charge in [-0.1, -0.05) is 47.0 Å². The van der Waals surface area contributed by atoms with Gasteiger partial charge in [-0.05, 0) is 36.5 Å². The molecule has 13 heavy (non-hydrogen) atoms. The van der Waals surface area contributed by atoms with Crippen LogP contribution >= 0.6 is 0 Å². The monoisotopic (exact) mass is 182 g/mol. The molecule has 0 saturated heterocycles. The van der Waals surface area contributed by atoms with Crippen LogP contribution in [0.25, 0.3) is 0 Å². The minimum atomic E-state index is 0.976. The lowest BCUT2D eigenvalue weighted by atomic mass is 9.95. The molecule has 4 unspecified atom stereocenters. The van der Waals surface area contributed by atoms with Gasteiger partial charge in [-0.3, -0.25) is 0 Å². The number of hydrogen-bond acceptors (Lipinski definition) is 0. The van der Waals surface area contributed by atoms with Crippen molar-refractivity contribution in [1.82, 2.24) is 0 Å². The van der Waals surface area contributed by atoms with Gasteiger partial charge < -0.3 is 0 Å². The lowest BCUT2D eigenvalue weighted by Crippen LogP contribution is -2.01. The fourth-order valence-corrected chi connectivity index (χ4v) is 2.67. The molecule has 0 heteroatoms. The zero-order chi connectivity index (χ0) is 9.84. The smallest absolute Gasteiger partial charge is 0.0357 e. The third-order valence-electron chi connectivity index (χ3n) is 3.84. The van der Waals surface area contributed by atoms with Crippen LogP contribution in [0.3, 0.4) is 0 Å². The van der Waals surface area contributed by atoms with Crippen molar-refractivity contribution in [2.45, 2.75) is 59.8 Å². The summed E-state index contributed by atoms with van der Waals surface area (Å²) in [6.07, 6.45) is 7.21. The van der Waals surface area contributed by atoms with Gasteiger partial charge in [0.05, 0.1) is 0 Å². The maximum atomic E-state index is 2.43. The molecule has 1 saturated carbocycles. The predicted molar refractivity (Wildman–Crippen MR) is 59.7 cm³/mol. The molecule has 0 spiro atoms. The summed E-state index contributed by atoms with van der Waals surface area (Å²) in [5.74, 6) is 4.14. The van der Waals surface area contributed by atoms with Crippen LogP contribution in [-0.2, 0) is 0 Å². The molecule has 0 aromatic heterocycles. The first-order valence-corrected chi connectivity index (χ1v) is 6.19. The van der Waals surface area contributed by atoms with Crippen LogP contribution in [0.4, 0.5) is 0 Å². The van der Waals surface area contributed by atoms with Crippen molar-refractivity contribution in [2.75, 3.05) is 0 Å². The molecule has 1 aliphatic carbocycles. The Morgan fingerprint density at radius 2 is 1.92 bits per heavy atom. The number of rotatable bonds is 6. The average Bonchev–Trinajstić information content (AvgIpc) is 2.83. The second-order valence-electron chi connectivity index (χ2n) is 5.17. The lowest BCUT2D eigenvalue weighted by Gasteiger charge is -2.11. The molecule has 1 fully saturated rings. The molecule has 0 heterocycles. The second-order valence-corrected chi connectivity index (χ2v) is 5.17. The Kier molecular flexibility index (Phi) is 4.28. The van der Waals surface area contributed by atoms with E-state index in [9.17, 15) is 0 Å². The molecule has 0 bridgehead atoms. The normalized spacial score (nSPS) is 31.4. The molecule has 0 nitrogen and oxygen atoms in total. The average molecular weight is 182 g/mol. The van der Waals surface area contributed by atoms with Gasteiger partial charge in [0.15, 0.2) is 0 Å². The van der Waals surface area contributed by atoms with Crippen molar-refractivity contribution in [1.29, 1.82) is 0 Å². The van der Waals surface area contributed by atoms with Gasteiger partial charge in [0.1, 0.15) is 0 Å². The van der Waals surface area contributed by atoms with E-state index in [1.165, 1.54) is 32.1 Å². The summed E-state index contributed by atoms with van der Waals surface area (Å²) in [6.45, 7) is 9.48. The van der Waals surface area contributed by atoms with Crippen molar-refractivity contribution in [3.8, 4) is 0 Å². The predicted octanol–water partition coefficient (Wildman–Crippen LogP) is 4.49. The van der Waals surface area contributed by atoms with Gasteiger partial charge in [0, 0.05) is 0 Å². The molecule has 0 amide bonds. The van der Waals surface area contributed by atoms with E-state index >= 15 is 0 Å². The van der Waals surface area contributed by atoms with Gasteiger partial charge >= 0.3 is 0 Å². The van der Waals surface area contributed by atoms with Crippen molar-refractivity contribution in [3.05, 3.63) is 0 Å². The van der Waals surface area contributed by atoms with E-state index in [2.05, 4.69) is 27.7 Å². The molecule has 78 valence electrons.